The molecule has 8 nitrogen and oxygen atoms in total. The van der Waals surface area contributed by atoms with E-state index in [9.17, 15) is 14.4 Å². The molecule has 0 aromatic carbocycles. The smallest absolute Gasteiger partial charge is 0.328 e. The molecule has 1 unspecified atom stereocenters. The molecule has 2 aromatic rings. The van der Waals surface area contributed by atoms with Crippen molar-refractivity contribution in [3.8, 4) is 0 Å². The highest BCUT2D eigenvalue weighted by atomic mass is 16.2. The summed E-state index contributed by atoms with van der Waals surface area (Å²) in [6.45, 7) is 3.46. The Labute approximate surface area is 133 Å². The summed E-state index contributed by atoms with van der Waals surface area (Å²) in [6.07, 6.45) is 6.52. The van der Waals surface area contributed by atoms with E-state index in [0.29, 0.717) is 5.56 Å². The molecule has 23 heavy (non-hydrogen) atoms. The number of nitrogens with zero attached hydrogens (tertiary/aromatic N) is 3. The Hall–Kier alpha value is -2.64. The van der Waals surface area contributed by atoms with E-state index < -0.39 is 11.2 Å². The van der Waals surface area contributed by atoms with Gasteiger partial charge in [0.05, 0.1) is 6.04 Å². The molecule has 0 saturated heterocycles. The van der Waals surface area contributed by atoms with Crippen LogP contribution in [0.5, 0.6) is 0 Å². The molecule has 0 aliphatic rings. The Bertz CT molecular complexity index is 802. The first-order chi connectivity index (χ1) is 10.9. The maximum absolute atomic E-state index is 12.3. The predicted molar refractivity (Wildman–Crippen MR) is 85.1 cm³/mol. The molecule has 8 heteroatoms. The fourth-order valence-corrected chi connectivity index (χ4v) is 2.40. The van der Waals surface area contributed by atoms with Crippen molar-refractivity contribution in [2.45, 2.75) is 39.3 Å². The summed E-state index contributed by atoms with van der Waals surface area (Å²) in [5.74, 6) is 0.463. The van der Waals surface area contributed by atoms with Crippen molar-refractivity contribution in [3.05, 3.63) is 50.8 Å². The van der Waals surface area contributed by atoms with Crippen LogP contribution >= 0.6 is 0 Å². The number of imidazole rings is 1. The second-order valence-corrected chi connectivity index (χ2v) is 5.50. The molecule has 2 aromatic heterocycles. The van der Waals surface area contributed by atoms with Crippen molar-refractivity contribution < 1.29 is 4.79 Å². The van der Waals surface area contributed by atoms with E-state index in [2.05, 4.69) is 15.3 Å². The molecule has 2 rings (SSSR count). The van der Waals surface area contributed by atoms with Crippen molar-refractivity contribution in [3.63, 3.8) is 0 Å². The summed E-state index contributed by atoms with van der Waals surface area (Å²) >= 11 is 0. The fourth-order valence-electron chi connectivity index (χ4n) is 2.40. The Morgan fingerprint density at radius 3 is 2.78 bits per heavy atom. The van der Waals surface area contributed by atoms with Gasteiger partial charge in [0.1, 0.15) is 12.4 Å². The van der Waals surface area contributed by atoms with E-state index in [0.717, 1.165) is 18.7 Å². The minimum Gasteiger partial charge on any atom is -0.345 e. The van der Waals surface area contributed by atoms with Crippen LogP contribution in [-0.2, 0) is 18.4 Å². The molecule has 124 valence electrons. The van der Waals surface area contributed by atoms with Crippen LogP contribution in [-0.4, -0.2) is 25.0 Å². The second-order valence-electron chi connectivity index (χ2n) is 5.50. The van der Waals surface area contributed by atoms with E-state index >= 15 is 0 Å². The zero-order chi connectivity index (χ0) is 17.0. The lowest BCUT2D eigenvalue weighted by atomic mass is 10.1. The number of aryl methyl sites for hydroxylation is 2. The Kier molecular flexibility index (Phi) is 5.15. The van der Waals surface area contributed by atoms with Crippen LogP contribution in [0.1, 0.15) is 37.2 Å². The molecular formula is C15H21N5O3. The predicted octanol–water partition coefficient (Wildman–Crippen LogP) is 0.236. The van der Waals surface area contributed by atoms with Crippen LogP contribution in [0.15, 0.2) is 28.2 Å². The molecule has 2 N–H and O–H groups in total. The molecule has 2 heterocycles. The number of rotatable bonds is 6. The van der Waals surface area contributed by atoms with Gasteiger partial charge in [-0.2, -0.15) is 0 Å². The van der Waals surface area contributed by atoms with E-state index in [4.69, 9.17) is 0 Å². The van der Waals surface area contributed by atoms with Gasteiger partial charge in [-0.05, 0) is 13.3 Å². The van der Waals surface area contributed by atoms with Gasteiger partial charge in [0.25, 0.3) is 5.56 Å². The minimum absolute atomic E-state index is 0.152. The summed E-state index contributed by atoms with van der Waals surface area (Å²) < 4.78 is 3.05. The lowest BCUT2D eigenvalue weighted by molar-refractivity contribution is -0.122. The van der Waals surface area contributed by atoms with Crippen LogP contribution in [0.25, 0.3) is 0 Å². The number of H-pyrrole nitrogens is 1. The van der Waals surface area contributed by atoms with Crippen LogP contribution in [0.2, 0.25) is 0 Å². The fraction of sp³-hybridized carbons (Fsp3) is 0.467. The number of hydrogen-bond acceptors (Lipinski definition) is 4. The van der Waals surface area contributed by atoms with Crippen molar-refractivity contribution in [2.75, 3.05) is 0 Å². The third kappa shape index (κ3) is 3.97. The van der Waals surface area contributed by atoms with Gasteiger partial charge in [-0.25, -0.2) is 9.78 Å². The number of aromatic nitrogens is 4. The van der Waals surface area contributed by atoms with E-state index in [1.165, 1.54) is 10.8 Å². The molecule has 0 spiro atoms. The Morgan fingerprint density at radius 2 is 2.17 bits per heavy atom. The normalized spacial score (nSPS) is 12.1. The highest BCUT2D eigenvalue weighted by molar-refractivity contribution is 5.76. The highest BCUT2D eigenvalue weighted by Crippen LogP contribution is 2.15. The third-order valence-electron chi connectivity index (χ3n) is 3.59. The first-order valence-corrected chi connectivity index (χ1v) is 7.49. The van der Waals surface area contributed by atoms with Crippen LogP contribution in [0, 0.1) is 6.92 Å². The summed E-state index contributed by atoms with van der Waals surface area (Å²) in [7, 11) is 1.87. The van der Waals surface area contributed by atoms with Crippen molar-refractivity contribution in [1.82, 2.24) is 24.4 Å². The van der Waals surface area contributed by atoms with E-state index in [1.807, 2.05) is 24.7 Å². The van der Waals surface area contributed by atoms with E-state index in [1.54, 1.807) is 13.1 Å². The summed E-state index contributed by atoms with van der Waals surface area (Å²) in [6, 6.07) is -0.216. The second kappa shape index (κ2) is 7.08. The summed E-state index contributed by atoms with van der Waals surface area (Å²) in [4.78, 5) is 41.8. The van der Waals surface area contributed by atoms with E-state index in [-0.39, 0.29) is 18.5 Å². The van der Waals surface area contributed by atoms with Crippen molar-refractivity contribution in [1.29, 1.82) is 0 Å². The number of nitrogens with one attached hydrogen (secondary N) is 2. The maximum Gasteiger partial charge on any atom is 0.328 e. The monoisotopic (exact) mass is 319 g/mol. The average Bonchev–Trinajstić information content (AvgIpc) is 2.90. The lowest BCUT2D eigenvalue weighted by Crippen LogP contribution is -2.38. The summed E-state index contributed by atoms with van der Waals surface area (Å²) in [5, 5.41) is 2.90. The summed E-state index contributed by atoms with van der Waals surface area (Å²) in [5.41, 5.74) is -0.657. The first-order valence-electron chi connectivity index (χ1n) is 7.49. The largest absolute Gasteiger partial charge is 0.345 e. The molecule has 0 aliphatic carbocycles. The molecule has 0 saturated carbocycles. The Morgan fingerprint density at radius 1 is 1.43 bits per heavy atom. The topological polar surface area (TPSA) is 102 Å². The number of amides is 1. The zero-order valence-electron chi connectivity index (χ0n) is 13.5. The standard InChI is InChI=1S/C15H21N5O3/c1-4-5-11(13-16-6-7-19(13)3)17-12(21)9-20-8-10(2)14(22)18-15(20)23/h6-8,11H,4-5,9H2,1-3H3,(H,17,21)(H,18,22,23). The molecular weight excluding hydrogens is 298 g/mol. The molecule has 0 fully saturated rings. The van der Waals surface area contributed by atoms with Gasteiger partial charge in [-0.15, -0.1) is 0 Å². The maximum atomic E-state index is 12.3. The molecule has 0 radical (unpaired) electrons. The lowest BCUT2D eigenvalue weighted by Gasteiger charge is -2.18. The number of aromatic amines is 1. The highest BCUT2D eigenvalue weighted by Gasteiger charge is 2.18. The van der Waals surface area contributed by atoms with Gasteiger partial charge in [-0.3, -0.25) is 19.1 Å². The van der Waals surface area contributed by atoms with Gasteiger partial charge in [-0.1, -0.05) is 13.3 Å². The van der Waals surface area contributed by atoms with Gasteiger partial charge in [0.2, 0.25) is 5.91 Å². The molecule has 0 bridgehead atoms. The van der Waals surface area contributed by atoms with Crippen molar-refractivity contribution in [2.24, 2.45) is 7.05 Å². The van der Waals surface area contributed by atoms with Crippen LogP contribution in [0.3, 0.4) is 0 Å². The zero-order valence-corrected chi connectivity index (χ0v) is 13.5. The van der Waals surface area contributed by atoms with Gasteiger partial charge >= 0.3 is 5.69 Å². The van der Waals surface area contributed by atoms with Crippen LogP contribution in [0.4, 0.5) is 0 Å². The number of hydrogen-bond donors (Lipinski definition) is 2. The molecule has 1 atom stereocenters. The number of carbonyl (C=O) groups is 1. The molecule has 0 aliphatic heterocycles. The minimum atomic E-state index is -0.597. The molecule has 1 amide bonds. The van der Waals surface area contributed by atoms with Crippen LogP contribution < -0.4 is 16.6 Å². The third-order valence-corrected chi connectivity index (χ3v) is 3.59. The average molecular weight is 319 g/mol. The van der Waals surface area contributed by atoms with Gasteiger partial charge in [0.15, 0.2) is 0 Å². The van der Waals surface area contributed by atoms with Crippen molar-refractivity contribution >= 4 is 5.91 Å². The number of carbonyl (C=O) groups excluding carboxylic acids is 1. The van der Waals surface area contributed by atoms with Gasteiger partial charge < -0.3 is 9.88 Å². The Balaban J connectivity index is 2.14. The first kappa shape index (κ1) is 16.7. The van der Waals surface area contributed by atoms with Gasteiger partial charge in [0, 0.05) is 31.2 Å². The SMILES string of the molecule is CCCC(NC(=O)Cn1cc(C)c(=O)[nH]c1=O)c1nccn1C. The quantitative estimate of drug-likeness (QED) is 0.796.